The first-order valence-corrected chi connectivity index (χ1v) is 8.48. The second kappa shape index (κ2) is 6.08. The molecule has 1 fully saturated rings. The van der Waals surface area contributed by atoms with Crippen LogP contribution in [0.1, 0.15) is 36.3 Å². The molecule has 1 aliphatic carbocycles. The summed E-state index contributed by atoms with van der Waals surface area (Å²) in [6, 6.07) is 1.40. The molecule has 0 unspecified atom stereocenters. The molecule has 1 aromatic carbocycles. The number of cyclic esters (lactones) is 1. The van der Waals surface area contributed by atoms with E-state index in [2.05, 4.69) is 5.32 Å². The molecule has 0 bridgehead atoms. The first-order chi connectivity index (χ1) is 13.2. The predicted molar refractivity (Wildman–Crippen MR) is 87.2 cm³/mol. The van der Waals surface area contributed by atoms with Gasteiger partial charge in [-0.25, -0.2) is 27.2 Å². The zero-order valence-electron chi connectivity index (χ0n) is 14.9. The van der Waals surface area contributed by atoms with Crippen LogP contribution in [0.15, 0.2) is 34.7 Å². The van der Waals surface area contributed by atoms with Gasteiger partial charge in [-0.15, -0.1) is 0 Å². The topological polar surface area (TPSA) is 64.6 Å². The SMILES string of the molecule is COC(=O)C1=C(C)NC2=C(C(=O)OC2)[C@@H]1c1cc(F)cc(F)c1[C@H]1CC1(F)F. The van der Waals surface area contributed by atoms with E-state index < -0.39 is 53.3 Å². The van der Waals surface area contributed by atoms with Gasteiger partial charge in [0, 0.05) is 23.7 Å². The Labute approximate surface area is 157 Å². The Hall–Kier alpha value is -2.84. The van der Waals surface area contributed by atoms with Gasteiger partial charge in [-0.05, 0) is 18.6 Å². The minimum absolute atomic E-state index is 0.0405. The largest absolute Gasteiger partial charge is 0.466 e. The fraction of sp³-hybridized carbons (Fsp3) is 0.368. The molecule has 1 N–H and O–H groups in total. The van der Waals surface area contributed by atoms with Crippen LogP contribution in [0, 0.1) is 11.6 Å². The van der Waals surface area contributed by atoms with Crippen LogP contribution in [-0.2, 0) is 19.1 Å². The second-order valence-corrected chi connectivity index (χ2v) is 6.96. The van der Waals surface area contributed by atoms with E-state index in [0.717, 1.165) is 13.2 Å². The van der Waals surface area contributed by atoms with E-state index in [0.29, 0.717) is 11.8 Å². The number of halogens is 4. The number of esters is 2. The third-order valence-electron chi connectivity index (χ3n) is 5.23. The van der Waals surface area contributed by atoms with Gasteiger partial charge in [0.2, 0.25) is 0 Å². The number of carbonyl (C=O) groups excluding carboxylic acids is 2. The van der Waals surface area contributed by atoms with Crippen LogP contribution in [0.4, 0.5) is 17.6 Å². The molecule has 0 spiro atoms. The van der Waals surface area contributed by atoms with Gasteiger partial charge in [0.1, 0.15) is 18.2 Å². The van der Waals surface area contributed by atoms with E-state index in [1.807, 2.05) is 0 Å². The highest BCUT2D eigenvalue weighted by molar-refractivity contribution is 6.01. The summed E-state index contributed by atoms with van der Waals surface area (Å²) in [5, 5.41) is 2.86. The Balaban J connectivity index is 1.98. The molecule has 4 rings (SSSR count). The average molecular weight is 397 g/mol. The monoisotopic (exact) mass is 397 g/mol. The molecule has 5 nitrogen and oxygen atoms in total. The third kappa shape index (κ3) is 2.68. The van der Waals surface area contributed by atoms with Crippen molar-refractivity contribution >= 4 is 11.9 Å². The maximum Gasteiger partial charge on any atom is 0.337 e. The van der Waals surface area contributed by atoms with E-state index in [1.165, 1.54) is 6.92 Å². The summed E-state index contributed by atoms with van der Waals surface area (Å²) in [4.78, 5) is 24.7. The standard InChI is InChI=1S/C19H15F4NO4/c1-7-13(17(25)27-2)15(16-12(24-7)6-28-18(16)26)9-3-8(20)4-11(21)14(9)10-5-19(10,22)23/h3-4,10,15,24H,5-6H2,1-2H3/t10-,15-/m1/s1. The smallest absolute Gasteiger partial charge is 0.337 e. The molecule has 2 atom stereocenters. The molecule has 9 heteroatoms. The van der Waals surface area contributed by atoms with E-state index in [4.69, 9.17) is 9.47 Å². The molecular weight excluding hydrogens is 382 g/mol. The lowest BCUT2D eigenvalue weighted by Crippen LogP contribution is -2.30. The molecule has 2 aliphatic heterocycles. The number of hydrogen-bond donors (Lipinski definition) is 1. The van der Waals surface area contributed by atoms with Gasteiger partial charge in [0.15, 0.2) is 0 Å². The number of rotatable bonds is 3. The molecule has 1 saturated carbocycles. The molecule has 3 aliphatic rings. The number of methoxy groups -OCH3 is 1. The molecule has 148 valence electrons. The number of nitrogens with one attached hydrogen (secondary N) is 1. The molecule has 0 amide bonds. The van der Waals surface area contributed by atoms with Crippen LogP contribution in [0.25, 0.3) is 0 Å². The highest BCUT2D eigenvalue weighted by Gasteiger charge is 2.60. The quantitative estimate of drug-likeness (QED) is 0.628. The van der Waals surface area contributed by atoms with Crippen molar-refractivity contribution in [3.63, 3.8) is 0 Å². The Morgan fingerprint density at radius 3 is 2.61 bits per heavy atom. The highest BCUT2D eigenvalue weighted by Crippen LogP contribution is 2.59. The van der Waals surface area contributed by atoms with Crippen molar-refractivity contribution in [2.24, 2.45) is 0 Å². The number of allylic oxidation sites excluding steroid dienone is 1. The van der Waals surface area contributed by atoms with E-state index in [1.54, 1.807) is 0 Å². The van der Waals surface area contributed by atoms with Crippen LogP contribution in [0.5, 0.6) is 0 Å². The van der Waals surface area contributed by atoms with Crippen molar-refractivity contribution in [1.29, 1.82) is 0 Å². The van der Waals surface area contributed by atoms with Crippen LogP contribution in [-0.4, -0.2) is 31.6 Å². The molecule has 0 radical (unpaired) electrons. The van der Waals surface area contributed by atoms with Crippen molar-refractivity contribution < 1.29 is 36.6 Å². The number of hydrogen-bond acceptors (Lipinski definition) is 5. The fourth-order valence-electron chi connectivity index (χ4n) is 3.90. The number of ether oxygens (including phenoxy) is 2. The minimum atomic E-state index is -3.14. The van der Waals surface area contributed by atoms with E-state index in [-0.39, 0.29) is 29.0 Å². The predicted octanol–water partition coefficient (Wildman–Crippen LogP) is 3.03. The van der Waals surface area contributed by atoms with E-state index in [9.17, 15) is 27.2 Å². The summed E-state index contributed by atoms with van der Waals surface area (Å²) in [6.45, 7) is 1.40. The fourth-order valence-corrected chi connectivity index (χ4v) is 3.90. The summed E-state index contributed by atoms with van der Waals surface area (Å²) in [5.74, 6) is -9.68. The summed E-state index contributed by atoms with van der Waals surface area (Å²) in [6.07, 6.45) is -0.597. The lowest BCUT2D eigenvalue weighted by atomic mass is 9.78. The van der Waals surface area contributed by atoms with E-state index >= 15 is 0 Å². The Morgan fingerprint density at radius 1 is 1.32 bits per heavy atom. The number of alkyl halides is 2. The van der Waals surface area contributed by atoms with Crippen molar-refractivity contribution in [3.05, 3.63) is 57.4 Å². The normalized spacial score (nSPS) is 25.3. The summed E-state index contributed by atoms with van der Waals surface area (Å²) < 4.78 is 66.0. The summed E-state index contributed by atoms with van der Waals surface area (Å²) >= 11 is 0. The molecule has 0 aromatic heterocycles. The van der Waals surface area contributed by atoms with Crippen LogP contribution < -0.4 is 5.32 Å². The lowest BCUT2D eigenvalue weighted by Gasteiger charge is -2.29. The van der Waals surface area contributed by atoms with Gasteiger partial charge in [-0.3, -0.25) is 0 Å². The van der Waals surface area contributed by atoms with Crippen LogP contribution in [0.2, 0.25) is 0 Å². The van der Waals surface area contributed by atoms with Crippen molar-refractivity contribution in [1.82, 2.24) is 5.32 Å². The van der Waals surface area contributed by atoms with Crippen LogP contribution >= 0.6 is 0 Å². The van der Waals surface area contributed by atoms with Crippen LogP contribution in [0.3, 0.4) is 0 Å². The second-order valence-electron chi connectivity index (χ2n) is 6.96. The number of dihydropyridines is 1. The first kappa shape index (κ1) is 18.5. The summed E-state index contributed by atoms with van der Waals surface area (Å²) in [5.41, 5.74) is -0.131. The van der Waals surface area contributed by atoms with Gasteiger partial charge in [0.05, 0.1) is 35.8 Å². The van der Waals surface area contributed by atoms with Gasteiger partial charge in [-0.1, -0.05) is 0 Å². The number of benzene rings is 1. The molecule has 1 aromatic rings. The van der Waals surface area contributed by atoms with Gasteiger partial charge in [0.25, 0.3) is 5.92 Å². The van der Waals surface area contributed by atoms with Gasteiger partial charge in [-0.2, -0.15) is 0 Å². The Bertz CT molecular complexity index is 982. The molecule has 28 heavy (non-hydrogen) atoms. The zero-order chi connectivity index (χ0) is 20.4. The molecular formula is C19H15F4NO4. The lowest BCUT2D eigenvalue weighted by molar-refractivity contribution is -0.136. The van der Waals surface area contributed by atoms with Gasteiger partial charge < -0.3 is 14.8 Å². The molecule has 0 saturated heterocycles. The van der Waals surface area contributed by atoms with Gasteiger partial charge >= 0.3 is 11.9 Å². The van der Waals surface area contributed by atoms with Crippen molar-refractivity contribution in [2.45, 2.75) is 31.1 Å². The third-order valence-corrected chi connectivity index (χ3v) is 5.23. The minimum Gasteiger partial charge on any atom is -0.466 e. The maximum absolute atomic E-state index is 14.6. The van der Waals surface area contributed by atoms with Crippen molar-refractivity contribution in [2.75, 3.05) is 13.7 Å². The Morgan fingerprint density at radius 2 is 2.00 bits per heavy atom. The number of carbonyl (C=O) groups is 2. The summed E-state index contributed by atoms with van der Waals surface area (Å²) in [7, 11) is 1.11. The molecule has 2 heterocycles. The zero-order valence-corrected chi connectivity index (χ0v) is 14.9. The van der Waals surface area contributed by atoms with Crippen molar-refractivity contribution in [3.8, 4) is 0 Å². The maximum atomic E-state index is 14.6. The first-order valence-electron chi connectivity index (χ1n) is 8.48. The average Bonchev–Trinajstić information content (AvgIpc) is 3.08. The highest BCUT2D eigenvalue weighted by atomic mass is 19.3. The Kier molecular flexibility index (Phi) is 4.02.